The van der Waals surface area contributed by atoms with Crippen molar-refractivity contribution in [2.45, 2.75) is 12.8 Å². The van der Waals surface area contributed by atoms with Gasteiger partial charge in [0.1, 0.15) is 12.0 Å². The van der Waals surface area contributed by atoms with Crippen LogP contribution in [0.1, 0.15) is 12.8 Å². The van der Waals surface area contributed by atoms with E-state index in [-0.39, 0.29) is 6.42 Å². The lowest BCUT2D eigenvalue weighted by Gasteiger charge is -2.23. The van der Waals surface area contributed by atoms with Gasteiger partial charge in [0.05, 0.1) is 13.5 Å². The zero-order chi connectivity index (χ0) is 15.2. The van der Waals surface area contributed by atoms with Crippen molar-refractivity contribution < 1.29 is 19.4 Å². The van der Waals surface area contributed by atoms with E-state index in [1.165, 1.54) is 5.22 Å². The molecular formula is C16H19NO4. The van der Waals surface area contributed by atoms with Crippen LogP contribution in [0.5, 0.6) is 5.75 Å². The minimum absolute atomic E-state index is 0.0805. The van der Waals surface area contributed by atoms with E-state index in [0.29, 0.717) is 26.1 Å². The maximum absolute atomic E-state index is 10.7. The van der Waals surface area contributed by atoms with Crippen LogP contribution in [0.4, 0.5) is 0 Å². The molecule has 0 unspecified atom stereocenters. The molecule has 0 saturated heterocycles. The number of aliphatic carboxylic acids is 1. The average molecular weight is 289 g/mol. The predicted molar refractivity (Wildman–Crippen MR) is 79.5 cm³/mol. The molecule has 1 aliphatic carbocycles. The molecule has 1 aliphatic rings. The van der Waals surface area contributed by atoms with Crippen molar-refractivity contribution in [2.75, 3.05) is 26.7 Å². The summed E-state index contributed by atoms with van der Waals surface area (Å²) in [6, 6.07) is 5.91. The largest absolute Gasteiger partial charge is 0.497 e. The highest BCUT2D eigenvalue weighted by molar-refractivity contribution is 5.83. The van der Waals surface area contributed by atoms with Crippen molar-refractivity contribution >= 4 is 23.9 Å². The van der Waals surface area contributed by atoms with Crippen LogP contribution in [0.25, 0.3) is 11.6 Å². The lowest BCUT2D eigenvalue weighted by Crippen LogP contribution is -2.40. The Morgan fingerprint density at radius 2 is 2.19 bits per heavy atom. The van der Waals surface area contributed by atoms with Gasteiger partial charge in [0, 0.05) is 26.1 Å². The Bertz CT molecular complexity index is 651. The fourth-order valence-corrected chi connectivity index (χ4v) is 2.38. The number of carboxylic acid groups (broad SMARTS) is 1. The molecule has 0 radical (unpaired) electrons. The number of fused-ring (bicyclic) bond motifs is 1. The molecular weight excluding hydrogens is 270 g/mol. The van der Waals surface area contributed by atoms with Crippen LogP contribution in [0.3, 0.4) is 0 Å². The summed E-state index contributed by atoms with van der Waals surface area (Å²) in [5.74, 6) is -0.0138. The van der Waals surface area contributed by atoms with Gasteiger partial charge >= 0.3 is 5.97 Å². The zero-order valence-corrected chi connectivity index (χ0v) is 12.0. The molecule has 0 aliphatic heterocycles. The highest BCUT2D eigenvalue weighted by atomic mass is 16.5. The number of carbonyl (C=O) groups excluding carboxylic acids is 1. The van der Waals surface area contributed by atoms with Gasteiger partial charge in [-0.25, -0.2) is 0 Å². The smallest absolute Gasteiger partial charge is 0.304 e. The number of carboxylic acids is 1. The van der Waals surface area contributed by atoms with Crippen molar-refractivity contribution in [3.05, 3.63) is 28.6 Å². The molecule has 0 amide bonds. The Morgan fingerprint density at radius 3 is 2.86 bits per heavy atom. The lowest BCUT2D eigenvalue weighted by molar-refractivity contribution is -0.137. The molecule has 0 aromatic heterocycles. The summed E-state index contributed by atoms with van der Waals surface area (Å²) in [6.07, 6.45) is 3.44. The Hall–Kier alpha value is -2.14. The second-order valence-electron chi connectivity index (χ2n) is 5.00. The summed E-state index contributed by atoms with van der Waals surface area (Å²) in [7, 11) is 1.63. The first-order valence-electron chi connectivity index (χ1n) is 6.91. The monoisotopic (exact) mass is 289 g/mol. The maximum atomic E-state index is 10.7. The fourth-order valence-electron chi connectivity index (χ4n) is 2.38. The van der Waals surface area contributed by atoms with E-state index in [1.807, 2.05) is 23.1 Å². The van der Waals surface area contributed by atoms with Crippen molar-refractivity contribution in [3.8, 4) is 5.75 Å². The van der Waals surface area contributed by atoms with E-state index in [2.05, 4.69) is 6.08 Å². The van der Waals surface area contributed by atoms with Crippen LogP contribution in [-0.2, 0) is 9.59 Å². The van der Waals surface area contributed by atoms with Gasteiger partial charge in [-0.1, -0.05) is 6.07 Å². The minimum atomic E-state index is -0.823. The van der Waals surface area contributed by atoms with Gasteiger partial charge in [0.25, 0.3) is 0 Å². The van der Waals surface area contributed by atoms with E-state index in [0.717, 1.165) is 22.8 Å². The fraction of sp³-hybridized carbons (Fsp3) is 0.375. The average Bonchev–Trinajstić information content (AvgIpc) is 2.46. The first-order valence-corrected chi connectivity index (χ1v) is 6.91. The molecule has 1 aromatic carbocycles. The lowest BCUT2D eigenvalue weighted by atomic mass is 9.99. The second kappa shape index (κ2) is 7.04. The third-order valence-corrected chi connectivity index (χ3v) is 3.54. The van der Waals surface area contributed by atoms with Crippen LogP contribution in [0.15, 0.2) is 18.2 Å². The van der Waals surface area contributed by atoms with Crippen molar-refractivity contribution in [3.63, 3.8) is 0 Å². The molecule has 1 aromatic rings. The van der Waals surface area contributed by atoms with Crippen LogP contribution in [-0.4, -0.2) is 49.0 Å². The van der Waals surface area contributed by atoms with Gasteiger partial charge < -0.3 is 14.6 Å². The third kappa shape index (κ3) is 3.92. The van der Waals surface area contributed by atoms with Crippen LogP contribution in [0, 0.1) is 0 Å². The molecule has 0 atom stereocenters. The molecule has 0 spiro atoms. The molecule has 0 bridgehead atoms. The number of hydrogen-bond donors (Lipinski definition) is 1. The van der Waals surface area contributed by atoms with E-state index in [9.17, 15) is 9.59 Å². The van der Waals surface area contributed by atoms with Crippen LogP contribution in [0.2, 0.25) is 0 Å². The molecule has 0 saturated carbocycles. The molecule has 112 valence electrons. The molecule has 0 fully saturated rings. The summed E-state index contributed by atoms with van der Waals surface area (Å²) < 4.78 is 5.22. The van der Waals surface area contributed by atoms with E-state index < -0.39 is 5.97 Å². The van der Waals surface area contributed by atoms with Crippen LogP contribution >= 0.6 is 0 Å². The minimum Gasteiger partial charge on any atom is -0.497 e. The zero-order valence-electron chi connectivity index (χ0n) is 12.0. The number of methoxy groups -OCH3 is 1. The normalized spacial score (nSPS) is 12.4. The van der Waals surface area contributed by atoms with Gasteiger partial charge in [0.15, 0.2) is 0 Å². The maximum Gasteiger partial charge on any atom is 0.304 e. The SMILES string of the molecule is COc1ccc2c(c1)=C(CN(CCC=O)CCC(=O)O)C=2. The Balaban J connectivity index is 2.09. The number of rotatable bonds is 9. The van der Waals surface area contributed by atoms with Gasteiger partial charge in [-0.3, -0.25) is 9.69 Å². The van der Waals surface area contributed by atoms with Crippen molar-refractivity contribution in [1.29, 1.82) is 0 Å². The van der Waals surface area contributed by atoms with E-state index >= 15 is 0 Å². The van der Waals surface area contributed by atoms with E-state index in [1.54, 1.807) is 7.11 Å². The third-order valence-electron chi connectivity index (χ3n) is 3.54. The van der Waals surface area contributed by atoms with Gasteiger partial charge in [0.2, 0.25) is 0 Å². The first-order chi connectivity index (χ1) is 10.1. The van der Waals surface area contributed by atoms with Gasteiger partial charge in [-0.05, 0) is 34.2 Å². The highest BCUT2D eigenvalue weighted by Gasteiger charge is 2.13. The Kier molecular flexibility index (Phi) is 5.11. The summed E-state index contributed by atoms with van der Waals surface area (Å²) in [5, 5.41) is 11.1. The Morgan fingerprint density at radius 1 is 1.38 bits per heavy atom. The number of hydrogen-bond acceptors (Lipinski definition) is 4. The van der Waals surface area contributed by atoms with Crippen molar-refractivity contribution in [2.24, 2.45) is 0 Å². The predicted octanol–water partition coefficient (Wildman–Crippen LogP) is 0.00570. The number of nitrogens with zero attached hydrogens (tertiary/aromatic N) is 1. The summed E-state index contributed by atoms with van der Waals surface area (Å²) in [4.78, 5) is 23.2. The molecule has 5 heteroatoms. The molecule has 1 N–H and O–H groups in total. The number of aldehydes is 1. The number of ether oxygens (including phenoxy) is 1. The number of benzene rings is 1. The Labute approximate surface area is 123 Å². The summed E-state index contributed by atoms with van der Waals surface area (Å²) in [5.41, 5.74) is 1.15. The van der Waals surface area contributed by atoms with Gasteiger partial charge in [-0.15, -0.1) is 0 Å². The standard InChI is InChI=1S/C16H19NO4/c1-21-14-4-3-12-9-13(15(12)10-14)11-17(6-2-8-18)7-5-16(19)20/h3-4,8-10H,2,5-7,11H2,1H3,(H,19,20). The number of carbonyl (C=O) groups is 2. The second-order valence-corrected chi connectivity index (χ2v) is 5.00. The topological polar surface area (TPSA) is 66.8 Å². The van der Waals surface area contributed by atoms with Crippen molar-refractivity contribution in [1.82, 2.24) is 4.90 Å². The summed E-state index contributed by atoms with van der Waals surface area (Å²) in [6.45, 7) is 1.68. The molecule has 5 nitrogen and oxygen atoms in total. The molecule has 21 heavy (non-hydrogen) atoms. The summed E-state index contributed by atoms with van der Waals surface area (Å²) >= 11 is 0. The van der Waals surface area contributed by atoms with E-state index in [4.69, 9.17) is 9.84 Å². The molecule has 2 rings (SSSR count). The van der Waals surface area contributed by atoms with Crippen LogP contribution < -0.4 is 15.2 Å². The quantitative estimate of drug-likeness (QED) is 0.649. The first kappa shape index (κ1) is 15.3. The highest BCUT2D eigenvalue weighted by Crippen LogP contribution is 2.10. The van der Waals surface area contributed by atoms with Gasteiger partial charge in [-0.2, -0.15) is 0 Å². The molecule has 0 heterocycles.